The Hall–Kier alpha value is -3.47. The molecular formula is C31H35Cl2N3O6S. The van der Waals surface area contributed by atoms with Crippen molar-refractivity contribution >= 4 is 50.7 Å². The maximum atomic E-state index is 14.2. The minimum atomic E-state index is -4.24. The summed E-state index contributed by atoms with van der Waals surface area (Å²) < 4.78 is 39.7. The van der Waals surface area contributed by atoms with Crippen molar-refractivity contribution in [2.45, 2.75) is 56.1 Å². The number of sulfonamides is 1. The van der Waals surface area contributed by atoms with Gasteiger partial charge in [-0.2, -0.15) is 0 Å². The number of hydrogen-bond donors (Lipinski definition) is 1. The Morgan fingerprint density at radius 3 is 2.16 bits per heavy atom. The van der Waals surface area contributed by atoms with Crippen molar-refractivity contribution in [3.63, 3.8) is 0 Å². The molecular weight excluding hydrogens is 613 g/mol. The van der Waals surface area contributed by atoms with Crippen molar-refractivity contribution < 1.29 is 27.5 Å². The highest BCUT2D eigenvalue weighted by molar-refractivity contribution is 7.92. The SMILES string of the molecule is COc1ccc(N(CC(=O)N(Cc2c(Cl)cccc2Cl)C(C)C(=O)NC2CCCC2)S(=O)(=O)c2ccccc2)cc1OC. The first-order valence-electron chi connectivity index (χ1n) is 13.9. The number of methoxy groups -OCH3 is 2. The summed E-state index contributed by atoms with van der Waals surface area (Å²) in [6.45, 7) is 0.886. The Bertz CT molecular complexity index is 1530. The van der Waals surface area contributed by atoms with Crippen molar-refractivity contribution in [1.82, 2.24) is 10.2 Å². The Morgan fingerprint density at radius 2 is 1.56 bits per heavy atom. The molecule has 0 saturated heterocycles. The van der Waals surface area contributed by atoms with Crippen LogP contribution in [0.5, 0.6) is 11.5 Å². The van der Waals surface area contributed by atoms with Gasteiger partial charge in [0.1, 0.15) is 12.6 Å². The Balaban J connectivity index is 1.75. The Kier molecular flexibility index (Phi) is 10.8. The predicted molar refractivity (Wildman–Crippen MR) is 167 cm³/mol. The van der Waals surface area contributed by atoms with Crippen LogP contribution < -0.4 is 19.1 Å². The molecule has 3 aromatic rings. The number of hydrogen-bond acceptors (Lipinski definition) is 6. The highest BCUT2D eigenvalue weighted by Crippen LogP contribution is 2.34. The zero-order valence-corrected chi connectivity index (χ0v) is 26.6. The van der Waals surface area contributed by atoms with E-state index in [1.54, 1.807) is 49.4 Å². The summed E-state index contributed by atoms with van der Waals surface area (Å²) in [5.41, 5.74) is 0.622. The van der Waals surface area contributed by atoms with Gasteiger partial charge in [-0.3, -0.25) is 13.9 Å². The van der Waals surface area contributed by atoms with Crippen molar-refractivity contribution in [2.24, 2.45) is 0 Å². The number of amides is 2. The number of ether oxygens (including phenoxy) is 2. The van der Waals surface area contributed by atoms with Crippen LogP contribution in [0.4, 0.5) is 5.69 Å². The molecule has 12 heteroatoms. The van der Waals surface area contributed by atoms with Crippen molar-refractivity contribution in [3.05, 3.63) is 82.3 Å². The molecule has 0 aromatic heterocycles. The van der Waals surface area contributed by atoms with Crippen LogP contribution in [0.15, 0.2) is 71.6 Å². The standard InChI is InChI=1S/C31H35Cl2N3O6S/c1-21(31(38)34-22-10-7-8-11-22)35(19-25-26(32)14-9-15-27(25)33)30(37)20-36(43(39,40)24-12-5-4-6-13-24)23-16-17-28(41-2)29(18-23)42-3/h4-6,9,12-18,21-22H,7-8,10-11,19-20H2,1-3H3,(H,34,38). The number of rotatable bonds is 12. The van der Waals surface area contributed by atoms with Crippen LogP contribution in [0.2, 0.25) is 10.0 Å². The van der Waals surface area contributed by atoms with Crippen LogP contribution in [-0.4, -0.2) is 58.0 Å². The number of halogens is 2. The van der Waals surface area contributed by atoms with E-state index in [0.29, 0.717) is 21.4 Å². The van der Waals surface area contributed by atoms with Gasteiger partial charge in [-0.15, -0.1) is 0 Å². The fraction of sp³-hybridized carbons (Fsp3) is 0.355. The number of anilines is 1. The minimum absolute atomic E-state index is 0.00897. The predicted octanol–water partition coefficient (Wildman–Crippen LogP) is 5.68. The lowest BCUT2D eigenvalue weighted by Gasteiger charge is -2.33. The molecule has 1 saturated carbocycles. The van der Waals surface area contributed by atoms with E-state index in [-0.39, 0.29) is 34.8 Å². The van der Waals surface area contributed by atoms with Crippen molar-refractivity contribution in [2.75, 3.05) is 25.1 Å². The molecule has 230 valence electrons. The van der Waals surface area contributed by atoms with Crippen LogP contribution in [0.25, 0.3) is 0 Å². The monoisotopic (exact) mass is 647 g/mol. The molecule has 1 fully saturated rings. The van der Waals surface area contributed by atoms with E-state index in [2.05, 4.69) is 5.32 Å². The average molecular weight is 649 g/mol. The smallest absolute Gasteiger partial charge is 0.264 e. The normalized spacial score (nSPS) is 14.2. The molecule has 0 spiro atoms. The molecule has 9 nitrogen and oxygen atoms in total. The van der Waals surface area contributed by atoms with Gasteiger partial charge in [0.2, 0.25) is 11.8 Å². The fourth-order valence-electron chi connectivity index (χ4n) is 5.06. The molecule has 0 radical (unpaired) electrons. The molecule has 43 heavy (non-hydrogen) atoms. The number of nitrogens with one attached hydrogen (secondary N) is 1. The average Bonchev–Trinajstić information content (AvgIpc) is 3.52. The van der Waals surface area contributed by atoms with Crippen LogP contribution in [0.3, 0.4) is 0 Å². The molecule has 1 unspecified atom stereocenters. The van der Waals surface area contributed by atoms with E-state index in [9.17, 15) is 18.0 Å². The Morgan fingerprint density at radius 1 is 0.930 bits per heavy atom. The molecule has 3 aromatic carbocycles. The molecule has 1 aliphatic carbocycles. The second-order valence-corrected chi connectivity index (χ2v) is 12.9. The maximum Gasteiger partial charge on any atom is 0.264 e. The van der Waals surface area contributed by atoms with Crippen molar-refractivity contribution in [3.8, 4) is 11.5 Å². The van der Waals surface area contributed by atoms with Gasteiger partial charge < -0.3 is 19.7 Å². The first-order chi connectivity index (χ1) is 20.6. The largest absolute Gasteiger partial charge is 0.493 e. The van der Waals surface area contributed by atoms with Crippen LogP contribution in [0, 0.1) is 0 Å². The van der Waals surface area contributed by atoms with Gasteiger partial charge in [0.05, 0.1) is 24.8 Å². The molecule has 4 rings (SSSR count). The van der Waals surface area contributed by atoms with E-state index in [4.69, 9.17) is 32.7 Å². The summed E-state index contributed by atoms with van der Waals surface area (Å²) in [6.07, 6.45) is 3.78. The summed E-state index contributed by atoms with van der Waals surface area (Å²) >= 11 is 12.9. The lowest BCUT2D eigenvalue weighted by Crippen LogP contribution is -2.52. The Labute approximate surface area is 262 Å². The summed E-state index contributed by atoms with van der Waals surface area (Å²) in [5, 5.41) is 3.68. The summed E-state index contributed by atoms with van der Waals surface area (Å²) in [5.74, 6) is -0.294. The maximum absolute atomic E-state index is 14.2. The third-order valence-electron chi connectivity index (χ3n) is 7.52. The zero-order valence-electron chi connectivity index (χ0n) is 24.3. The van der Waals surface area contributed by atoms with Crippen molar-refractivity contribution in [1.29, 1.82) is 0 Å². The molecule has 0 heterocycles. The highest BCUT2D eigenvalue weighted by Gasteiger charge is 2.34. The van der Waals surface area contributed by atoms with Gasteiger partial charge in [-0.05, 0) is 56.2 Å². The van der Waals surface area contributed by atoms with Crippen LogP contribution in [-0.2, 0) is 26.2 Å². The van der Waals surface area contributed by atoms with Gasteiger partial charge in [-0.25, -0.2) is 8.42 Å². The highest BCUT2D eigenvalue weighted by atomic mass is 35.5. The number of benzene rings is 3. The first-order valence-corrected chi connectivity index (χ1v) is 16.1. The van der Waals surface area contributed by atoms with Gasteiger partial charge in [0.15, 0.2) is 11.5 Å². The van der Waals surface area contributed by atoms with Gasteiger partial charge in [0.25, 0.3) is 10.0 Å². The zero-order chi connectivity index (χ0) is 31.1. The van der Waals surface area contributed by atoms with E-state index in [0.717, 1.165) is 30.0 Å². The van der Waals surface area contributed by atoms with E-state index in [1.807, 2.05) is 0 Å². The topological polar surface area (TPSA) is 105 Å². The van der Waals surface area contributed by atoms with Gasteiger partial charge in [-0.1, -0.05) is 60.3 Å². The molecule has 1 N–H and O–H groups in total. The summed E-state index contributed by atoms with van der Waals surface area (Å²) in [4.78, 5) is 28.9. The van der Waals surface area contributed by atoms with E-state index < -0.39 is 28.5 Å². The number of carbonyl (C=O) groups excluding carboxylic acids is 2. The summed E-state index contributed by atoms with van der Waals surface area (Å²) in [6, 6.07) is 16.4. The molecule has 0 bridgehead atoms. The third-order valence-corrected chi connectivity index (χ3v) is 10.0. The second kappa shape index (κ2) is 14.3. The molecule has 1 atom stereocenters. The van der Waals surface area contributed by atoms with Crippen LogP contribution >= 0.6 is 23.2 Å². The third kappa shape index (κ3) is 7.55. The fourth-order valence-corrected chi connectivity index (χ4v) is 7.00. The van der Waals surface area contributed by atoms with Gasteiger partial charge in [0, 0.05) is 34.3 Å². The van der Waals surface area contributed by atoms with E-state index in [1.165, 1.54) is 43.4 Å². The molecule has 2 amide bonds. The quantitative estimate of drug-likeness (QED) is 0.271. The molecule has 0 aliphatic heterocycles. The van der Waals surface area contributed by atoms with Gasteiger partial charge >= 0.3 is 0 Å². The summed E-state index contributed by atoms with van der Waals surface area (Å²) in [7, 11) is -1.34. The lowest BCUT2D eigenvalue weighted by atomic mass is 10.1. The van der Waals surface area contributed by atoms with E-state index >= 15 is 0 Å². The van der Waals surface area contributed by atoms with Crippen LogP contribution in [0.1, 0.15) is 38.2 Å². The lowest BCUT2D eigenvalue weighted by molar-refractivity contribution is -0.139. The molecule has 1 aliphatic rings. The number of nitrogens with zero attached hydrogens (tertiary/aromatic N) is 2. The first kappa shape index (κ1) is 32.4. The number of carbonyl (C=O) groups is 2. The second-order valence-electron chi connectivity index (χ2n) is 10.3. The minimum Gasteiger partial charge on any atom is -0.493 e.